The van der Waals surface area contributed by atoms with Gasteiger partial charge < -0.3 is 33.2 Å². The monoisotopic (exact) mass is 684 g/mol. The third-order valence-electron chi connectivity index (χ3n) is 9.27. The van der Waals surface area contributed by atoms with Crippen molar-refractivity contribution in [2.75, 3.05) is 41.3 Å². The van der Waals surface area contributed by atoms with Crippen molar-refractivity contribution in [2.24, 2.45) is 11.8 Å². The summed E-state index contributed by atoms with van der Waals surface area (Å²) < 4.78 is 39.3. The van der Waals surface area contributed by atoms with Crippen molar-refractivity contribution in [3.63, 3.8) is 0 Å². The van der Waals surface area contributed by atoms with Crippen LogP contribution >= 0.6 is 0 Å². The van der Waals surface area contributed by atoms with E-state index in [1.165, 1.54) is 71.1 Å². The first kappa shape index (κ1) is 39.8. The Bertz CT molecular complexity index is 1240. The highest BCUT2D eigenvalue weighted by molar-refractivity contribution is 5.69. The van der Waals surface area contributed by atoms with Crippen LogP contribution < -0.4 is 23.7 Å². The fourth-order valence-corrected chi connectivity index (χ4v) is 6.43. The van der Waals surface area contributed by atoms with Gasteiger partial charge in [-0.3, -0.25) is 9.59 Å². The van der Waals surface area contributed by atoms with Gasteiger partial charge in [0.05, 0.1) is 34.5 Å². The molecule has 0 saturated heterocycles. The van der Waals surface area contributed by atoms with Gasteiger partial charge in [-0.1, -0.05) is 90.0 Å². The van der Waals surface area contributed by atoms with Gasteiger partial charge in [0.2, 0.25) is 12.5 Å². The van der Waals surface area contributed by atoms with Crippen molar-refractivity contribution >= 4 is 11.9 Å². The Morgan fingerprint density at radius 2 is 1.18 bits per heavy atom. The highest BCUT2D eigenvalue weighted by Gasteiger charge is 2.27. The number of hydrogen-bond donors (Lipinski definition) is 0. The van der Waals surface area contributed by atoms with E-state index in [4.69, 9.17) is 33.2 Å². The number of hydrogen-bond acceptors (Lipinski definition) is 9. The van der Waals surface area contributed by atoms with E-state index >= 15 is 0 Å². The van der Waals surface area contributed by atoms with Crippen LogP contribution in [0.3, 0.4) is 0 Å². The first-order valence-electron chi connectivity index (χ1n) is 18.3. The number of ether oxygens (including phenoxy) is 7. The quantitative estimate of drug-likeness (QED) is 0.0710. The van der Waals surface area contributed by atoms with Gasteiger partial charge in [-0.05, 0) is 54.7 Å². The lowest BCUT2D eigenvalue weighted by Crippen LogP contribution is -2.30. The maximum Gasteiger partial charge on any atom is 0.305 e. The summed E-state index contributed by atoms with van der Waals surface area (Å²) in [5.41, 5.74) is 1.93. The third kappa shape index (κ3) is 14.4. The average molecular weight is 685 g/mol. The number of fused-ring (bicyclic) bond motifs is 1. The molecule has 0 bridgehead atoms. The molecule has 2 atom stereocenters. The molecular weight excluding hydrogens is 624 g/mol. The van der Waals surface area contributed by atoms with Crippen molar-refractivity contribution in [3.05, 3.63) is 41.5 Å². The Kier molecular flexibility index (Phi) is 18.6. The predicted molar refractivity (Wildman–Crippen MR) is 191 cm³/mol. The van der Waals surface area contributed by atoms with Gasteiger partial charge in [-0.2, -0.15) is 0 Å². The van der Waals surface area contributed by atoms with Crippen LogP contribution in [0.15, 0.2) is 30.3 Å². The zero-order valence-corrected chi connectivity index (χ0v) is 30.7. The summed E-state index contributed by atoms with van der Waals surface area (Å²) in [5.74, 6) is 2.09. The first-order chi connectivity index (χ1) is 23.9. The number of carbonyl (C=O) groups is 2. The van der Waals surface area contributed by atoms with Crippen molar-refractivity contribution in [2.45, 2.75) is 117 Å². The molecule has 0 spiro atoms. The van der Waals surface area contributed by atoms with E-state index in [1.54, 1.807) is 21.3 Å². The molecule has 0 aromatic heterocycles. The number of carbonyl (C=O) groups excluding carboxylic acids is 2. The van der Waals surface area contributed by atoms with Gasteiger partial charge in [0.25, 0.3) is 0 Å². The molecule has 1 aliphatic rings. The molecule has 49 heavy (non-hydrogen) atoms. The normalized spacial score (nSPS) is 13.1. The lowest BCUT2D eigenvalue weighted by molar-refractivity contribution is -0.148. The second-order valence-electron chi connectivity index (χ2n) is 13.1. The van der Waals surface area contributed by atoms with E-state index < -0.39 is 0 Å². The molecule has 2 aromatic rings. The minimum Gasteiger partial charge on any atom is -0.493 e. The standard InChI is InChI=1S/C40H60O9/c1-6-7-8-9-10-11-12-13-14-15-16-17-18-19-39(42)47-28-33(22-31-20-21-35-36(24-31)49-29-48-35)34(27-46-30(2)41)23-32-25-37(43-3)40(45-5)38(26-32)44-4/h20-21,24-26,33-34H,6-19,22-23,27-29H2,1-5H3/t33-,34-/m0/s1. The summed E-state index contributed by atoms with van der Waals surface area (Å²) in [6.07, 6.45) is 17.8. The summed E-state index contributed by atoms with van der Waals surface area (Å²) >= 11 is 0. The summed E-state index contributed by atoms with van der Waals surface area (Å²) in [4.78, 5) is 24.9. The summed E-state index contributed by atoms with van der Waals surface area (Å²) in [6, 6.07) is 9.67. The third-order valence-corrected chi connectivity index (χ3v) is 9.27. The summed E-state index contributed by atoms with van der Waals surface area (Å²) in [7, 11) is 4.73. The molecule has 0 saturated carbocycles. The van der Waals surface area contributed by atoms with Crippen LogP contribution in [0.1, 0.15) is 115 Å². The SMILES string of the molecule is CCCCCCCCCCCCCCCC(=O)OC[C@H](Cc1ccc2c(c1)OCO2)[C@H](COC(C)=O)Cc1cc(OC)c(OC)c(OC)c1. The molecule has 1 heterocycles. The molecule has 1 aliphatic heterocycles. The van der Waals surface area contributed by atoms with Crippen molar-refractivity contribution in [1.29, 1.82) is 0 Å². The maximum atomic E-state index is 12.9. The Labute approximate surface area is 294 Å². The second-order valence-corrected chi connectivity index (χ2v) is 13.1. The highest BCUT2D eigenvalue weighted by atomic mass is 16.7. The minimum atomic E-state index is -0.365. The van der Waals surface area contributed by atoms with Gasteiger partial charge in [-0.25, -0.2) is 0 Å². The fourth-order valence-electron chi connectivity index (χ4n) is 6.43. The molecule has 0 unspecified atom stereocenters. The van der Waals surface area contributed by atoms with Crippen LogP contribution in [0.4, 0.5) is 0 Å². The molecule has 0 radical (unpaired) electrons. The van der Waals surface area contributed by atoms with Crippen LogP contribution in [0.2, 0.25) is 0 Å². The van der Waals surface area contributed by atoms with Crippen molar-refractivity contribution < 1.29 is 42.7 Å². The summed E-state index contributed by atoms with van der Waals surface area (Å²) in [6.45, 7) is 4.21. The van der Waals surface area contributed by atoms with E-state index in [0.717, 1.165) is 30.4 Å². The molecule has 274 valence electrons. The molecule has 9 nitrogen and oxygen atoms in total. The smallest absolute Gasteiger partial charge is 0.305 e. The lowest BCUT2D eigenvalue weighted by atomic mass is 9.83. The highest BCUT2D eigenvalue weighted by Crippen LogP contribution is 2.40. The lowest BCUT2D eigenvalue weighted by Gasteiger charge is -2.27. The van der Waals surface area contributed by atoms with Gasteiger partial charge in [0, 0.05) is 25.2 Å². The van der Waals surface area contributed by atoms with Crippen molar-refractivity contribution in [1.82, 2.24) is 0 Å². The van der Waals surface area contributed by atoms with Gasteiger partial charge in [0.15, 0.2) is 23.0 Å². The molecule has 0 fully saturated rings. The van der Waals surface area contributed by atoms with E-state index in [-0.39, 0.29) is 43.8 Å². The molecule has 2 aromatic carbocycles. The Hall–Kier alpha value is -3.62. The number of methoxy groups -OCH3 is 3. The van der Waals surface area contributed by atoms with Crippen LogP contribution in [0, 0.1) is 11.8 Å². The molecule has 0 aliphatic carbocycles. The van der Waals surface area contributed by atoms with Crippen LogP contribution in [-0.2, 0) is 31.9 Å². The average Bonchev–Trinajstić information content (AvgIpc) is 3.58. The van der Waals surface area contributed by atoms with E-state index in [1.807, 2.05) is 30.3 Å². The number of unbranched alkanes of at least 4 members (excludes halogenated alkanes) is 12. The maximum absolute atomic E-state index is 12.9. The molecule has 0 N–H and O–H groups in total. The molecule has 0 amide bonds. The Balaban J connectivity index is 1.59. The van der Waals surface area contributed by atoms with E-state index in [0.29, 0.717) is 48.0 Å². The number of benzene rings is 2. The van der Waals surface area contributed by atoms with E-state index in [2.05, 4.69) is 6.92 Å². The summed E-state index contributed by atoms with van der Waals surface area (Å²) in [5, 5.41) is 0. The molecule has 3 rings (SSSR count). The Morgan fingerprint density at radius 3 is 1.73 bits per heavy atom. The van der Waals surface area contributed by atoms with Crippen LogP contribution in [0.25, 0.3) is 0 Å². The second kappa shape index (κ2) is 22.9. The fraction of sp³-hybridized carbons (Fsp3) is 0.650. The van der Waals surface area contributed by atoms with E-state index in [9.17, 15) is 9.59 Å². The topological polar surface area (TPSA) is 98.8 Å². The minimum absolute atomic E-state index is 0.158. The largest absolute Gasteiger partial charge is 0.493 e. The first-order valence-corrected chi connectivity index (χ1v) is 18.3. The van der Waals surface area contributed by atoms with Gasteiger partial charge in [0.1, 0.15) is 0 Å². The van der Waals surface area contributed by atoms with Gasteiger partial charge >= 0.3 is 11.9 Å². The number of esters is 2. The number of rotatable bonds is 26. The van der Waals surface area contributed by atoms with Crippen LogP contribution in [-0.4, -0.2) is 53.3 Å². The zero-order valence-electron chi connectivity index (χ0n) is 30.7. The van der Waals surface area contributed by atoms with Crippen LogP contribution in [0.5, 0.6) is 28.7 Å². The van der Waals surface area contributed by atoms with Crippen molar-refractivity contribution in [3.8, 4) is 28.7 Å². The van der Waals surface area contributed by atoms with Gasteiger partial charge in [-0.15, -0.1) is 0 Å². The molecular formula is C40H60O9. The molecule has 9 heteroatoms. The predicted octanol–water partition coefficient (Wildman–Crippen LogP) is 9.05. The zero-order chi connectivity index (χ0) is 35.3. The Morgan fingerprint density at radius 1 is 0.653 bits per heavy atom.